The van der Waals surface area contributed by atoms with Gasteiger partial charge in [-0.05, 0) is 264 Å². The number of nitrogens with zero attached hydrogens (tertiary/aromatic N) is 8. The fraction of sp³-hybridized carbons (Fsp3) is 0.483. The van der Waals surface area contributed by atoms with Crippen LogP contribution in [0.1, 0.15) is 237 Å². The van der Waals surface area contributed by atoms with Crippen LogP contribution in [0.4, 0.5) is 0 Å². The molecule has 8 aliphatic rings. The van der Waals surface area contributed by atoms with E-state index < -0.39 is 11.9 Å². The average Bonchev–Trinajstić information content (AvgIpc) is 0.793. The van der Waals surface area contributed by atoms with Crippen molar-refractivity contribution >= 4 is 93.6 Å². The van der Waals surface area contributed by atoms with Gasteiger partial charge in [0.05, 0.1) is 122 Å². The number of carbonyl (C=O) groups excluding carboxylic acids is 8. The molecule has 4 aromatic rings. The summed E-state index contributed by atoms with van der Waals surface area (Å²) in [5, 5.41) is 18.2. The zero-order chi connectivity index (χ0) is 105. The Kier molecular flexibility index (Phi) is 52.6. The van der Waals surface area contributed by atoms with E-state index in [1.165, 1.54) is 0 Å². The Morgan fingerprint density at radius 3 is 0.822 bits per heavy atom. The summed E-state index contributed by atoms with van der Waals surface area (Å²) in [6.07, 6.45) is 56.0. The highest BCUT2D eigenvalue weighted by molar-refractivity contribution is 6.33. The molecule has 8 heterocycles. The highest BCUT2D eigenvalue weighted by atomic mass is 35.5. The number of benzene rings is 4. The number of aryl methyl sites for hydroxylation is 8. The Morgan fingerprint density at radius 2 is 0.568 bits per heavy atom. The number of amides is 4. The second-order valence-corrected chi connectivity index (χ2v) is 37.8. The van der Waals surface area contributed by atoms with Gasteiger partial charge >= 0.3 is 23.9 Å². The first kappa shape index (κ1) is 117. The van der Waals surface area contributed by atoms with Crippen molar-refractivity contribution in [3.05, 3.63) is 283 Å². The summed E-state index contributed by atoms with van der Waals surface area (Å²) in [5.74, 6) is -1.82. The Balaban J connectivity index is 0.000000217. The van der Waals surface area contributed by atoms with E-state index in [-0.39, 0.29) is 126 Å². The lowest BCUT2D eigenvalue weighted by Crippen LogP contribution is -2.37. The van der Waals surface area contributed by atoms with Crippen molar-refractivity contribution in [1.82, 2.24) is 19.6 Å². The van der Waals surface area contributed by atoms with Crippen molar-refractivity contribution in [1.29, 1.82) is 0 Å². The molecule has 28 nitrogen and oxygen atoms in total. The van der Waals surface area contributed by atoms with E-state index in [2.05, 4.69) is 46.9 Å². The lowest BCUT2D eigenvalue weighted by atomic mass is 9.94. The number of ether oxygens (including phenoxy) is 8. The Hall–Kier alpha value is -12.2. The van der Waals surface area contributed by atoms with Gasteiger partial charge in [-0.25, -0.2) is 19.2 Å². The van der Waals surface area contributed by atoms with Gasteiger partial charge in [0.15, 0.2) is 26.4 Å². The van der Waals surface area contributed by atoms with Crippen LogP contribution in [0.15, 0.2) is 205 Å². The van der Waals surface area contributed by atoms with Gasteiger partial charge in [-0.3, -0.25) is 19.2 Å². The van der Waals surface area contributed by atoms with Crippen LogP contribution in [-0.4, -0.2) is 246 Å². The van der Waals surface area contributed by atoms with Gasteiger partial charge in [0.1, 0.15) is 0 Å². The number of carbonyl (C=O) groups is 8. The Morgan fingerprint density at radius 1 is 0.329 bits per heavy atom. The second kappa shape index (κ2) is 65.4. The predicted molar refractivity (Wildman–Crippen MR) is 575 cm³/mol. The molecule has 788 valence electrons. The monoisotopic (exact) mass is 2050 g/mol. The molecule has 30 heteroatoms. The molecule has 12 rings (SSSR count). The summed E-state index contributed by atoms with van der Waals surface area (Å²) in [5.41, 5.74) is 14.3. The summed E-state index contributed by atoms with van der Waals surface area (Å²) in [6.45, 7) is 38.6. The largest absolute Gasteiger partial charge is 0.462 e. The van der Waals surface area contributed by atoms with Gasteiger partial charge in [0.25, 0.3) is 23.6 Å². The van der Waals surface area contributed by atoms with Gasteiger partial charge in [-0.1, -0.05) is 189 Å². The minimum Gasteiger partial charge on any atom is -0.462 e. The van der Waals surface area contributed by atoms with Crippen LogP contribution in [-0.2, 0) is 102 Å². The van der Waals surface area contributed by atoms with Gasteiger partial charge in [-0.15, -0.1) is 26.3 Å². The van der Waals surface area contributed by atoms with Crippen LogP contribution in [0.5, 0.6) is 0 Å². The van der Waals surface area contributed by atoms with Crippen LogP contribution in [0.2, 0.25) is 10.0 Å². The molecular weight excluding hydrogens is 1900 g/mol. The van der Waals surface area contributed by atoms with Crippen molar-refractivity contribution in [3.8, 4) is 0 Å². The molecule has 146 heavy (non-hydrogen) atoms. The molecule has 8 aliphatic heterocycles. The molecule has 4 unspecified atom stereocenters. The van der Waals surface area contributed by atoms with E-state index in [1.807, 2.05) is 209 Å². The SMILES string of the molecule is C=CCOC1/C=C/CCOC(=O)c2c(C)cc(C)c(Cl)c2CC(=N/OCC(=O)N2CCCCC2)/C=C/C1.C=CCOC1/C=C/CCOC(=O)c2c(C)cc(C)c(Cl)c2CC(=N\OCC(=O)N2CCCCC2)/C=C/C1.C=CCOC1/C=C/CCOC(=O)c2c(C)cc(C)cc2CC(=N/OCC(=O)N2CCCCC2)/C=C/C1.C=CCOC1/C=C/CCOC(=O)c2c(C)cc(C)cc2CC(=N\OCC(=O)N2CCCCC2)/C=C/C1. The molecular formula is C116H150Cl2N8O20. The number of halogens is 2. The zero-order valence-corrected chi connectivity index (χ0v) is 88.3. The first-order valence-corrected chi connectivity index (χ1v) is 52.1. The number of cyclic esters (lactones) is 4. The minimum atomic E-state index is -0.427. The van der Waals surface area contributed by atoms with Crippen molar-refractivity contribution in [2.24, 2.45) is 20.6 Å². The number of esters is 4. The number of piperidine rings is 4. The van der Waals surface area contributed by atoms with E-state index in [0.29, 0.717) is 157 Å². The van der Waals surface area contributed by atoms with Crippen molar-refractivity contribution in [2.45, 2.75) is 234 Å². The summed E-state index contributed by atoms with van der Waals surface area (Å²) in [7, 11) is 0. The van der Waals surface area contributed by atoms with Crippen LogP contribution in [0, 0.1) is 55.4 Å². The molecule has 4 amide bonds. The Labute approximate surface area is 873 Å². The quantitative estimate of drug-likeness (QED) is 0.0272. The van der Waals surface area contributed by atoms with Crippen LogP contribution >= 0.6 is 23.2 Å². The normalized spacial score (nSPS) is 22.0. The summed E-state index contributed by atoms with van der Waals surface area (Å²) >= 11 is 13.4. The highest BCUT2D eigenvalue weighted by Gasteiger charge is 2.29. The predicted octanol–water partition coefficient (Wildman–Crippen LogP) is 20.8. The maximum absolute atomic E-state index is 13.1. The van der Waals surface area contributed by atoms with Gasteiger partial charge in [-0.2, -0.15) is 0 Å². The van der Waals surface area contributed by atoms with E-state index in [1.54, 1.807) is 24.3 Å². The molecule has 4 aromatic carbocycles. The fourth-order valence-electron chi connectivity index (χ4n) is 17.9. The maximum Gasteiger partial charge on any atom is 0.338 e. The summed E-state index contributed by atoms with van der Waals surface area (Å²) in [6, 6.07) is 11.7. The highest BCUT2D eigenvalue weighted by Crippen LogP contribution is 2.33. The molecule has 4 atom stereocenters. The van der Waals surface area contributed by atoms with Crippen molar-refractivity contribution in [2.75, 3.05) is 132 Å². The third-order valence-electron chi connectivity index (χ3n) is 25.1. The smallest absolute Gasteiger partial charge is 0.338 e. The molecule has 0 aliphatic carbocycles. The van der Waals surface area contributed by atoms with Crippen LogP contribution in [0.25, 0.3) is 0 Å². The third kappa shape index (κ3) is 40.6. The molecule has 0 saturated carbocycles. The fourth-order valence-corrected chi connectivity index (χ4v) is 18.3. The van der Waals surface area contributed by atoms with E-state index >= 15 is 0 Å². The second-order valence-electron chi connectivity index (χ2n) is 37.1. The molecule has 0 radical (unpaired) electrons. The first-order chi connectivity index (χ1) is 70.7. The first-order valence-electron chi connectivity index (χ1n) is 51.3. The number of fused-ring (bicyclic) bond motifs is 4. The summed E-state index contributed by atoms with van der Waals surface area (Å²) < 4.78 is 45.6. The van der Waals surface area contributed by atoms with E-state index in [9.17, 15) is 38.4 Å². The topological polar surface area (TPSA) is 310 Å². The van der Waals surface area contributed by atoms with Crippen molar-refractivity contribution < 1.29 is 95.6 Å². The lowest BCUT2D eigenvalue weighted by Gasteiger charge is -2.26. The Bertz CT molecular complexity index is 5110. The van der Waals surface area contributed by atoms with Crippen molar-refractivity contribution in [3.63, 3.8) is 0 Å². The van der Waals surface area contributed by atoms with Gasteiger partial charge in [0, 0.05) is 88.1 Å². The minimum absolute atomic E-state index is 0.0531. The number of hydrogen-bond acceptors (Lipinski definition) is 24. The van der Waals surface area contributed by atoms with Gasteiger partial charge < -0.3 is 76.8 Å². The van der Waals surface area contributed by atoms with E-state index in [4.69, 9.17) is 80.4 Å². The van der Waals surface area contributed by atoms with E-state index in [0.717, 1.165) is 185 Å². The number of hydrogen-bond donors (Lipinski definition) is 0. The standard InChI is InChI=1S/2C29H37ClN2O5.2C29H38N2O5/c2*1-4-16-35-24-12-6-9-17-36-29(34)27-21(2)18-22(3)28(30)25(27)19-23(11-10-13-24)31-37-20-26(33)32-14-7-5-8-15-32;2*1-4-16-34-26-12-6-9-17-35-29(33)28-23(3)18-22(2)19-24(28)20-25(11-10-13-26)30-36-21-27(32)31-14-7-5-8-15-31/h2*4,6,10-12,18,24H,1,5,7-9,13-17,19-20H2,2-3H3;2*4,6,10-12,18-19,26H,1,5,7-9,13-17,20-21H2,2-3H3/b11-10+,12-6+,31-23+;11-10+,12-6+,31-23-;11-10+,12-6+,30-25+;11-10+,12-6+,30-25-. The average molecular weight is 2050 g/mol. The number of oxime groups is 4. The zero-order valence-electron chi connectivity index (χ0n) is 86.8. The lowest BCUT2D eigenvalue weighted by molar-refractivity contribution is -0.137. The molecule has 4 saturated heterocycles. The van der Waals surface area contributed by atoms with Gasteiger partial charge in [0.2, 0.25) is 0 Å². The molecule has 0 bridgehead atoms. The molecule has 0 aromatic heterocycles. The number of allylic oxidation sites excluding steroid dienone is 4. The van der Waals surface area contributed by atoms with Crippen LogP contribution < -0.4 is 0 Å². The number of rotatable bonds is 24. The molecule has 4 fully saturated rings. The van der Waals surface area contributed by atoms with Crippen LogP contribution in [0.3, 0.4) is 0 Å². The molecule has 0 spiro atoms. The third-order valence-corrected chi connectivity index (χ3v) is 26.1. The number of likely N-dealkylation sites (tertiary alicyclic amines) is 4. The summed E-state index contributed by atoms with van der Waals surface area (Å²) in [4.78, 5) is 132. The maximum atomic E-state index is 13.1. The molecule has 0 N–H and O–H groups in total.